The molecule has 106 valence electrons. The minimum Gasteiger partial charge on any atom is -0.226 e. The minimum absolute atomic E-state index is 0.193. The second-order valence-corrected chi connectivity index (χ2v) is 6.17. The summed E-state index contributed by atoms with van der Waals surface area (Å²) in [5, 5.41) is 6.69. The van der Waals surface area contributed by atoms with Crippen molar-refractivity contribution in [1.29, 1.82) is 0 Å². The van der Waals surface area contributed by atoms with E-state index in [9.17, 15) is 0 Å². The summed E-state index contributed by atoms with van der Waals surface area (Å²) >= 11 is 5.66. The van der Waals surface area contributed by atoms with Crippen molar-refractivity contribution < 1.29 is 0 Å². The van der Waals surface area contributed by atoms with Crippen LogP contribution in [0.2, 0.25) is 0 Å². The first-order valence-corrected chi connectivity index (χ1v) is 7.51. The summed E-state index contributed by atoms with van der Waals surface area (Å²) in [7, 11) is 0. The Hall–Kier alpha value is -2.00. The van der Waals surface area contributed by atoms with E-state index >= 15 is 0 Å². The van der Waals surface area contributed by atoms with Crippen molar-refractivity contribution in [3.05, 3.63) is 66.2 Å². The van der Waals surface area contributed by atoms with Gasteiger partial charge in [-0.05, 0) is 31.5 Å². The normalized spacial score (nSPS) is 17.0. The van der Waals surface area contributed by atoms with Crippen LogP contribution in [0.5, 0.6) is 0 Å². The van der Waals surface area contributed by atoms with Crippen molar-refractivity contribution in [3.8, 4) is 0 Å². The van der Waals surface area contributed by atoms with Gasteiger partial charge in [-0.25, -0.2) is 5.01 Å². The van der Waals surface area contributed by atoms with Crippen LogP contribution in [0.25, 0.3) is 0 Å². The van der Waals surface area contributed by atoms with Crippen molar-refractivity contribution in [2.24, 2.45) is 10.5 Å². The SMILES string of the molecule is CC1(C)C(=S)N(c2ccccc2)N=C1Cc1ccccc1. The highest BCUT2D eigenvalue weighted by Gasteiger charge is 2.40. The molecule has 0 radical (unpaired) electrons. The number of anilines is 1. The van der Waals surface area contributed by atoms with Gasteiger partial charge in [-0.2, -0.15) is 5.10 Å². The molecule has 2 aromatic rings. The molecule has 3 rings (SSSR count). The predicted octanol–water partition coefficient (Wildman–Crippen LogP) is 4.46. The van der Waals surface area contributed by atoms with Gasteiger partial charge in [0.25, 0.3) is 0 Å². The lowest BCUT2D eigenvalue weighted by Gasteiger charge is -2.22. The molecule has 2 nitrogen and oxygen atoms in total. The molecule has 0 aliphatic carbocycles. The van der Waals surface area contributed by atoms with Crippen LogP contribution in [0.4, 0.5) is 5.69 Å². The van der Waals surface area contributed by atoms with Crippen LogP contribution in [-0.4, -0.2) is 10.7 Å². The number of para-hydroxylation sites is 1. The van der Waals surface area contributed by atoms with E-state index in [4.69, 9.17) is 17.3 Å². The second kappa shape index (κ2) is 5.41. The Kier molecular flexibility index (Phi) is 3.60. The molecule has 0 aromatic heterocycles. The molecule has 0 amide bonds. The molecule has 2 aromatic carbocycles. The quantitative estimate of drug-likeness (QED) is 0.777. The molecular weight excluding hydrogens is 276 g/mol. The second-order valence-electron chi connectivity index (χ2n) is 5.79. The number of hydrogen-bond donors (Lipinski definition) is 0. The average Bonchev–Trinajstić information content (AvgIpc) is 2.73. The van der Waals surface area contributed by atoms with Crippen molar-refractivity contribution in [2.75, 3.05) is 5.01 Å². The zero-order valence-corrected chi connectivity index (χ0v) is 13.1. The maximum absolute atomic E-state index is 5.66. The van der Waals surface area contributed by atoms with E-state index < -0.39 is 0 Å². The van der Waals surface area contributed by atoms with Crippen LogP contribution >= 0.6 is 12.2 Å². The number of nitrogens with zero attached hydrogens (tertiary/aromatic N) is 2. The van der Waals surface area contributed by atoms with Gasteiger partial charge in [0.15, 0.2) is 0 Å². The Morgan fingerprint density at radius 3 is 2.14 bits per heavy atom. The van der Waals surface area contributed by atoms with Gasteiger partial charge >= 0.3 is 0 Å². The number of rotatable bonds is 3. The fraction of sp³-hybridized carbons (Fsp3) is 0.222. The Bertz CT molecular complexity index is 675. The Labute approximate surface area is 131 Å². The first kappa shape index (κ1) is 14.0. The van der Waals surface area contributed by atoms with Gasteiger partial charge in [-0.3, -0.25) is 0 Å². The standard InChI is InChI=1S/C18H18N2S/c1-18(2)16(13-14-9-5-3-6-10-14)19-20(17(18)21)15-11-7-4-8-12-15/h3-12H,13H2,1-2H3. The van der Waals surface area contributed by atoms with Crippen molar-refractivity contribution in [1.82, 2.24) is 0 Å². The van der Waals surface area contributed by atoms with Gasteiger partial charge in [0.1, 0.15) is 4.99 Å². The largest absolute Gasteiger partial charge is 0.226 e. The number of thiocarbonyl (C=S) groups is 1. The van der Waals surface area contributed by atoms with Crippen molar-refractivity contribution >= 4 is 28.6 Å². The Morgan fingerprint density at radius 2 is 1.52 bits per heavy atom. The molecule has 0 fully saturated rings. The Morgan fingerprint density at radius 1 is 0.952 bits per heavy atom. The monoisotopic (exact) mass is 294 g/mol. The minimum atomic E-state index is -0.193. The van der Waals surface area contributed by atoms with Crippen LogP contribution in [0.1, 0.15) is 19.4 Å². The molecule has 0 spiro atoms. The van der Waals surface area contributed by atoms with E-state index in [-0.39, 0.29) is 5.41 Å². The van der Waals surface area contributed by atoms with Gasteiger partial charge in [0.05, 0.1) is 16.8 Å². The van der Waals surface area contributed by atoms with E-state index in [1.807, 2.05) is 41.4 Å². The highest BCUT2D eigenvalue weighted by atomic mass is 32.1. The molecule has 0 atom stereocenters. The van der Waals surface area contributed by atoms with E-state index in [2.05, 4.69) is 38.1 Å². The zero-order chi connectivity index (χ0) is 14.9. The first-order valence-electron chi connectivity index (χ1n) is 7.10. The topological polar surface area (TPSA) is 15.6 Å². The molecule has 0 saturated heterocycles. The highest BCUT2D eigenvalue weighted by Crippen LogP contribution is 2.34. The van der Waals surface area contributed by atoms with Crippen LogP contribution in [0.15, 0.2) is 65.8 Å². The highest BCUT2D eigenvalue weighted by molar-refractivity contribution is 7.80. The average molecular weight is 294 g/mol. The maximum Gasteiger partial charge on any atom is 0.116 e. The summed E-state index contributed by atoms with van der Waals surface area (Å²) in [4.78, 5) is 0.861. The summed E-state index contributed by atoms with van der Waals surface area (Å²) in [6, 6.07) is 20.5. The van der Waals surface area contributed by atoms with E-state index in [0.717, 1.165) is 22.8 Å². The molecule has 1 aliphatic heterocycles. The third-order valence-electron chi connectivity index (χ3n) is 3.88. The lowest BCUT2D eigenvalue weighted by atomic mass is 9.84. The van der Waals surface area contributed by atoms with Gasteiger partial charge in [0, 0.05) is 6.42 Å². The Balaban J connectivity index is 1.94. The summed E-state index contributed by atoms with van der Waals surface area (Å²) < 4.78 is 0. The predicted molar refractivity (Wildman–Crippen MR) is 92.9 cm³/mol. The summed E-state index contributed by atoms with van der Waals surface area (Å²) in [5.41, 5.74) is 3.21. The summed E-state index contributed by atoms with van der Waals surface area (Å²) in [5.74, 6) is 0. The molecule has 1 heterocycles. The molecule has 1 aliphatic rings. The van der Waals surface area contributed by atoms with Crippen LogP contribution < -0.4 is 5.01 Å². The lowest BCUT2D eigenvalue weighted by Crippen LogP contribution is -2.33. The maximum atomic E-state index is 5.66. The van der Waals surface area contributed by atoms with E-state index in [0.29, 0.717) is 0 Å². The third-order valence-corrected chi connectivity index (χ3v) is 4.57. The number of benzene rings is 2. The van der Waals surface area contributed by atoms with E-state index in [1.54, 1.807) is 0 Å². The molecule has 0 N–H and O–H groups in total. The first-order chi connectivity index (χ1) is 10.1. The van der Waals surface area contributed by atoms with Crippen LogP contribution in [-0.2, 0) is 6.42 Å². The van der Waals surface area contributed by atoms with Crippen LogP contribution in [0, 0.1) is 5.41 Å². The molecule has 0 bridgehead atoms. The van der Waals surface area contributed by atoms with Crippen molar-refractivity contribution in [3.63, 3.8) is 0 Å². The molecular formula is C18H18N2S. The third kappa shape index (κ3) is 2.61. The fourth-order valence-corrected chi connectivity index (χ4v) is 2.73. The number of hydrazone groups is 1. The zero-order valence-electron chi connectivity index (χ0n) is 12.3. The molecule has 0 saturated carbocycles. The smallest absolute Gasteiger partial charge is 0.116 e. The molecule has 21 heavy (non-hydrogen) atoms. The number of hydrogen-bond acceptors (Lipinski definition) is 2. The van der Waals surface area contributed by atoms with Gasteiger partial charge in [0.2, 0.25) is 0 Å². The fourth-order valence-electron chi connectivity index (χ4n) is 2.47. The van der Waals surface area contributed by atoms with Gasteiger partial charge in [-0.15, -0.1) is 0 Å². The lowest BCUT2D eigenvalue weighted by molar-refractivity contribution is 0.738. The van der Waals surface area contributed by atoms with Gasteiger partial charge < -0.3 is 0 Å². The summed E-state index contributed by atoms with van der Waals surface area (Å²) in [6.07, 6.45) is 0.831. The molecule has 0 unspecified atom stereocenters. The van der Waals surface area contributed by atoms with E-state index in [1.165, 1.54) is 5.56 Å². The summed E-state index contributed by atoms with van der Waals surface area (Å²) in [6.45, 7) is 4.31. The van der Waals surface area contributed by atoms with Crippen LogP contribution in [0.3, 0.4) is 0 Å². The van der Waals surface area contributed by atoms with Gasteiger partial charge in [-0.1, -0.05) is 60.7 Å². The van der Waals surface area contributed by atoms with Crippen molar-refractivity contribution in [2.45, 2.75) is 20.3 Å². The molecule has 3 heteroatoms.